The molecule has 2 N–H and O–H groups in total. The Bertz CT molecular complexity index is 771. The number of anilines is 1. The summed E-state index contributed by atoms with van der Waals surface area (Å²) in [4.78, 5) is 23.8. The van der Waals surface area contributed by atoms with Gasteiger partial charge in [-0.05, 0) is 43.0 Å². The van der Waals surface area contributed by atoms with Crippen molar-refractivity contribution in [2.24, 2.45) is 5.41 Å². The summed E-state index contributed by atoms with van der Waals surface area (Å²) in [7, 11) is 0. The van der Waals surface area contributed by atoms with Gasteiger partial charge in [-0.2, -0.15) is 0 Å². The summed E-state index contributed by atoms with van der Waals surface area (Å²) in [6.45, 7) is 3.16. The summed E-state index contributed by atoms with van der Waals surface area (Å²) in [6, 6.07) is 9.82. The van der Waals surface area contributed by atoms with Crippen molar-refractivity contribution in [2.45, 2.75) is 25.3 Å². The number of aromatic nitrogens is 2. The van der Waals surface area contributed by atoms with Crippen LogP contribution >= 0.6 is 11.6 Å². The summed E-state index contributed by atoms with van der Waals surface area (Å²) in [5, 5.41) is 7.28. The topological polar surface area (TPSA) is 70.2 Å². The minimum Gasteiger partial charge on any atom is -0.353 e. The van der Waals surface area contributed by atoms with E-state index in [9.17, 15) is 4.79 Å². The molecule has 2 aromatic rings. The van der Waals surface area contributed by atoms with E-state index in [0.717, 1.165) is 62.0 Å². The highest BCUT2D eigenvalue weighted by Gasteiger charge is 2.44. The predicted molar refractivity (Wildman–Crippen MR) is 106 cm³/mol. The standard InChI is InChI=1S/C20H24ClN5O/c21-16-4-2-15(3-5-16)12-20(13-22-14-20)18(27)25-17-6-10-26(11-7-17)19-23-8-1-9-24-19/h1-5,8-9,17,22H,6-7,10-14H2,(H,25,27). The van der Waals surface area contributed by atoms with Crippen LogP contribution in [0.2, 0.25) is 5.02 Å². The van der Waals surface area contributed by atoms with Gasteiger partial charge < -0.3 is 15.5 Å². The SMILES string of the molecule is O=C(NC1CCN(c2ncccn2)CC1)C1(Cc2ccc(Cl)cc2)CNC1. The fourth-order valence-electron chi connectivity index (χ4n) is 3.80. The summed E-state index contributed by atoms with van der Waals surface area (Å²) in [5.41, 5.74) is 0.792. The fraction of sp³-hybridized carbons (Fsp3) is 0.450. The zero-order valence-electron chi connectivity index (χ0n) is 15.2. The monoisotopic (exact) mass is 385 g/mol. The number of carbonyl (C=O) groups excluding carboxylic acids is 1. The molecule has 0 unspecified atom stereocenters. The molecule has 0 spiro atoms. The average molecular weight is 386 g/mol. The molecule has 2 saturated heterocycles. The van der Waals surface area contributed by atoms with Crippen LogP contribution in [-0.2, 0) is 11.2 Å². The smallest absolute Gasteiger partial charge is 0.229 e. The molecule has 1 aromatic heterocycles. The third kappa shape index (κ3) is 4.06. The predicted octanol–water partition coefficient (Wildman–Crippen LogP) is 2.05. The Kier molecular flexibility index (Phi) is 5.27. The minimum absolute atomic E-state index is 0.158. The largest absolute Gasteiger partial charge is 0.353 e. The van der Waals surface area contributed by atoms with Gasteiger partial charge >= 0.3 is 0 Å². The zero-order valence-corrected chi connectivity index (χ0v) is 16.0. The van der Waals surface area contributed by atoms with Crippen LogP contribution in [-0.4, -0.2) is 48.1 Å². The van der Waals surface area contributed by atoms with E-state index in [1.165, 1.54) is 0 Å². The van der Waals surface area contributed by atoms with E-state index in [0.29, 0.717) is 0 Å². The maximum atomic E-state index is 13.0. The van der Waals surface area contributed by atoms with Crippen molar-refractivity contribution in [1.29, 1.82) is 0 Å². The third-order valence-electron chi connectivity index (χ3n) is 5.53. The molecule has 27 heavy (non-hydrogen) atoms. The van der Waals surface area contributed by atoms with E-state index < -0.39 is 0 Å². The van der Waals surface area contributed by atoms with Crippen molar-refractivity contribution >= 4 is 23.5 Å². The molecule has 0 atom stereocenters. The molecule has 0 bridgehead atoms. The molecule has 2 fully saturated rings. The van der Waals surface area contributed by atoms with Crippen LogP contribution in [0, 0.1) is 5.41 Å². The van der Waals surface area contributed by atoms with E-state index in [4.69, 9.17) is 11.6 Å². The molecule has 1 aromatic carbocycles. The molecular formula is C20H24ClN5O. The van der Waals surface area contributed by atoms with Crippen molar-refractivity contribution in [3.63, 3.8) is 0 Å². The van der Waals surface area contributed by atoms with Gasteiger partial charge in [0.1, 0.15) is 0 Å². The van der Waals surface area contributed by atoms with Gasteiger partial charge in [0.15, 0.2) is 0 Å². The maximum Gasteiger partial charge on any atom is 0.229 e. The number of benzene rings is 1. The van der Waals surface area contributed by atoms with Gasteiger partial charge in [-0.15, -0.1) is 0 Å². The quantitative estimate of drug-likeness (QED) is 0.824. The molecule has 6 nitrogen and oxygen atoms in total. The Balaban J connectivity index is 1.33. The third-order valence-corrected chi connectivity index (χ3v) is 5.78. The highest BCUT2D eigenvalue weighted by molar-refractivity contribution is 6.30. The van der Waals surface area contributed by atoms with Crippen LogP contribution < -0.4 is 15.5 Å². The Morgan fingerprint density at radius 3 is 2.44 bits per heavy atom. The van der Waals surface area contributed by atoms with Crippen LogP contribution in [0.4, 0.5) is 5.95 Å². The molecule has 2 aliphatic heterocycles. The highest BCUT2D eigenvalue weighted by atomic mass is 35.5. The number of amides is 1. The first-order valence-corrected chi connectivity index (χ1v) is 9.81. The van der Waals surface area contributed by atoms with E-state index >= 15 is 0 Å². The van der Waals surface area contributed by atoms with Crippen molar-refractivity contribution in [2.75, 3.05) is 31.1 Å². The maximum absolute atomic E-state index is 13.0. The fourth-order valence-corrected chi connectivity index (χ4v) is 3.93. The van der Waals surface area contributed by atoms with Crippen molar-refractivity contribution < 1.29 is 4.79 Å². The number of hydrogen-bond acceptors (Lipinski definition) is 5. The molecule has 0 aliphatic carbocycles. The second kappa shape index (κ2) is 7.82. The number of nitrogens with one attached hydrogen (secondary N) is 2. The van der Waals surface area contributed by atoms with Crippen LogP contribution in [0.25, 0.3) is 0 Å². The first-order valence-electron chi connectivity index (χ1n) is 9.43. The van der Waals surface area contributed by atoms with Crippen molar-refractivity contribution in [3.05, 3.63) is 53.3 Å². The van der Waals surface area contributed by atoms with Gasteiger partial charge in [-0.1, -0.05) is 23.7 Å². The molecule has 2 aliphatic rings. The van der Waals surface area contributed by atoms with E-state index in [1.54, 1.807) is 12.4 Å². The molecule has 3 heterocycles. The lowest BCUT2D eigenvalue weighted by molar-refractivity contribution is -0.134. The average Bonchev–Trinajstić information content (AvgIpc) is 2.67. The number of hydrogen-bond donors (Lipinski definition) is 2. The first kappa shape index (κ1) is 18.2. The summed E-state index contributed by atoms with van der Waals surface area (Å²) in [6.07, 6.45) is 6.09. The van der Waals surface area contributed by atoms with Gasteiger partial charge in [0.2, 0.25) is 11.9 Å². The minimum atomic E-state index is -0.354. The Hall–Kier alpha value is -2.18. The van der Waals surface area contributed by atoms with E-state index in [1.807, 2.05) is 30.3 Å². The molecule has 142 valence electrons. The number of rotatable bonds is 5. The van der Waals surface area contributed by atoms with Gasteiger partial charge in [-0.25, -0.2) is 9.97 Å². The van der Waals surface area contributed by atoms with Gasteiger partial charge in [0.05, 0.1) is 5.41 Å². The molecule has 0 radical (unpaired) electrons. The van der Waals surface area contributed by atoms with Gasteiger partial charge in [-0.3, -0.25) is 4.79 Å². The van der Waals surface area contributed by atoms with Crippen LogP contribution in [0.15, 0.2) is 42.7 Å². The Morgan fingerprint density at radius 1 is 1.19 bits per heavy atom. The van der Waals surface area contributed by atoms with E-state index in [2.05, 4.69) is 25.5 Å². The number of piperidine rings is 1. The second-order valence-electron chi connectivity index (χ2n) is 7.47. The summed E-state index contributed by atoms with van der Waals surface area (Å²) >= 11 is 5.97. The Morgan fingerprint density at radius 2 is 1.85 bits per heavy atom. The van der Waals surface area contributed by atoms with E-state index in [-0.39, 0.29) is 17.4 Å². The highest BCUT2D eigenvalue weighted by Crippen LogP contribution is 2.29. The normalized spacial score (nSPS) is 19.4. The lowest BCUT2D eigenvalue weighted by atomic mass is 9.75. The number of carbonyl (C=O) groups is 1. The van der Waals surface area contributed by atoms with Crippen molar-refractivity contribution in [3.8, 4) is 0 Å². The van der Waals surface area contributed by atoms with Gasteiger partial charge in [0, 0.05) is 49.6 Å². The zero-order chi connectivity index (χ0) is 18.7. The summed E-state index contributed by atoms with van der Waals surface area (Å²) < 4.78 is 0. The second-order valence-corrected chi connectivity index (χ2v) is 7.91. The van der Waals surface area contributed by atoms with Crippen molar-refractivity contribution in [1.82, 2.24) is 20.6 Å². The molecule has 0 saturated carbocycles. The van der Waals surface area contributed by atoms with Gasteiger partial charge in [0.25, 0.3) is 0 Å². The molecule has 4 rings (SSSR count). The van der Waals surface area contributed by atoms with Crippen LogP contribution in [0.5, 0.6) is 0 Å². The number of nitrogens with zero attached hydrogens (tertiary/aromatic N) is 3. The molecular weight excluding hydrogens is 362 g/mol. The Labute approximate surface area is 164 Å². The molecule has 7 heteroatoms. The van der Waals surface area contributed by atoms with Crippen LogP contribution in [0.1, 0.15) is 18.4 Å². The number of halogens is 1. The lowest BCUT2D eigenvalue weighted by Crippen LogP contribution is -2.64. The molecule has 1 amide bonds. The lowest BCUT2D eigenvalue weighted by Gasteiger charge is -2.43. The first-order chi connectivity index (χ1) is 13.1. The van der Waals surface area contributed by atoms with Crippen LogP contribution in [0.3, 0.4) is 0 Å². The summed E-state index contributed by atoms with van der Waals surface area (Å²) in [5.74, 6) is 0.926.